The summed E-state index contributed by atoms with van der Waals surface area (Å²) < 4.78 is 44.4. The number of anilines is 1. The summed E-state index contributed by atoms with van der Waals surface area (Å²) in [5.74, 6) is 0.826. The first-order chi connectivity index (χ1) is 20.0. The summed E-state index contributed by atoms with van der Waals surface area (Å²) in [6.07, 6.45) is 0.401. The maximum absolute atomic E-state index is 13.3. The monoisotopic (exact) mass is 577 g/mol. The molecule has 6 rings (SSSR count). The first-order valence-electron chi connectivity index (χ1n) is 13.6. The van der Waals surface area contributed by atoms with Crippen molar-refractivity contribution in [3.8, 4) is 22.6 Å². The number of imidazole rings is 1. The van der Waals surface area contributed by atoms with E-state index in [4.69, 9.17) is 15.7 Å². The molecule has 1 atom stereocenters. The van der Waals surface area contributed by atoms with E-state index in [1.807, 2.05) is 50.0 Å². The predicted octanol–water partition coefficient (Wildman–Crippen LogP) is 5.44. The van der Waals surface area contributed by atoms with Crippen molar-refractivity contribution in [1.29, 1.82) is 0 Å². The third-order valence-electron chi connectivity index (χ3n) is 7.56. The number of aromatic nitrogens is 7. The van der Waals surface area contributed by atoms with Gasteiger partial charge in [-0.2, -0.15) is 23.4 Å². The minimum atomic E-state index is -4.55. The Morgan fingerprint density at radius 3 is 2.55 bits per heavy atom. The molecule has 3 N–H and O–H groups in total. The molecule has 1 unspecified atom stereocenters. The van der Waals surface area contributed by atoms with Crippen LogP contribution in [0.25, 0.3) is 33.7 Å². The van der Waals surface area contributed by atoms with E-state index in [9.17, 15) is 18.3 Å². The number of hydrogen-bond donors (Lipinski definition) is 2. The molecule has 0 amide bonds. The second-order valence-corrected chi connectivity index (χ2v) is 10.6. The highest BCUT2D eigenvalue weighted by atomic mass is 19.4. The molecule has 0 spiro atoms. The number of benzene rings is 1. The third-order valence-corrected chi connectivity index (χ3v) is 7.56. The topological polar surface area (TPSA) is 125 Å². The summed E-state index contributed by atoms with van der Waals surface area (Å²) in [6.45, 7) is 1.88. The molecule has 1 fully saturated rings. The van der Waals surface area contributed by atoms with Gasteiger partial charge < -0.3 is 15.4 Å². The van der Waals surface area contributed by atoms with Gasteiger partial charge in [0.1, 0.15) is 11.5 Å². The van der Waals surface area contributed by atoms with Gasteiger partial charge in [0.2, 0.25) is 0 Å². The van der Waals surface area contributed by atoms with E-state index in [0.29, 0.717) is 51.7 Å². The van der Waals surface area contributed by atoms with Gasteiger partial charge in [-0.15, -0.1) is 0 Å². The SMILES string of the molecule is CCC(O)c1nc2nn(C)cc2cc1-c1nc(-c2cccc(N)c2C=Nc2cc(C(F)(F)F)n(C)n2)c(C2CC2)n1C. The Balaban J connectivity index is 1.51. The fourth-order valence-electron chi connectivity index (χ4n) is 5.33. The van der Waals surface area contributed by atoms with Gasteiger partial charge in [0, 0.05) is 79.0 Å². The standard InChI is InChI=1S/C29H30F3N9O/c1-5-21(42)24-18(11-16-14-39(2)38-27(16)35-24)28-36-25(26(40(28)3)15-9-10-15)17-7-6-8-20(33)19(17)13-34-23-12-22(29(30,31)32)41(4)37-23/h6-8,11-15,21,42H,5,9-10,33H2,1-4H3. The van der Waals surface area contributed by atoms with Crippen molar-refractivity contribution in [3.05, 3.63) is 59.2 Å². The Hall–Kier alpha value is -4.52. The number of rotatable bonds is 7. The number of aliphatic hydroxyl groups excluding tert-OH is 1. The van der Waals surface area contributed by atoms with Gasteiger partial charge in [0.05, 0.1) is 17.5 Å². The molecule has 1 aliphatic carbocycles. The van der Waals surface area contributed by atoms with Crippen LogP contribution in [0.4, 0.5) is 24.7 Å². The molecule has 0 saturated heterocycles. The second kappa shape index (κ2) is 10.1. The molecule has 42 heavy (non-hydrogen) atoms. The zero-order valence-electron chi connectivity index (χ0n) is 23.6. The fraction of sp³-hybridized carbons (Fsp3) is 0.345. The van der Waals surface area contributed by atoms with Crippen molar-refractivity contribution < 1.29 is 18.3 Å². The van der Waals surface area contributed by atoms with Crippen LogP contribution in [-0.2, 0) is 27.3 Å². The van der Waals surface area contributed by atoms with Crippen molar-refractivity contribution in [2.24, 2.45) is 26.1 Å². The molecule has 4 aromatic heterocycles. The van der Waals surface area contributed by atoms with E-state index in [1.54, 1.807) is 10.7 Å². The van der Waals surface area contributed by atoms with Gasteiger partial charge in [0.15, 0.2) is 11.5 Å². The minimum Gasteiger partial charge on any atom is -0.398 e. The molecule has 4 heterocycles. The predicted molar refractivity (Wildman–Crippen MR) is 153 cm³/mol. The number of aryl methyl sites for hydroxylation is 2. The molecular weight excluding hydrogens is 547 g/mol. The first kappa shape index (κ1) is 27.6. The van der Waals surface area contributed by atoms with E-state index in [0.717, 1.165) is 34.7 Å². The highest BCUT2D eigenvalue weighted by Crippen LogP contribution is 2.47. The lowest BCUT2D eigenvalue weighted by atomic mass is 10.0. The van der Waals surface area contributed by atoms with Crippen molar-refractivity contribution >= 4 is 28.8 Å². The summed E-state index contributed by atoms with van der Waals surface area (Å²) in [5.41, 5.74) is 10.6. The summed E-state index contributed by atoms with van der Waals surface area (Å²) in [6, 6.07) is 8.24. The molecule has 0 bridgehead atoms. The summed E-state index contributed by atoms with van der Waals surface area (Å²) in [4.78, 5) is 14.1. The number of pyridine rings is 1. The maximum atomic E-state index is 13.3. The Labute approximate surface area is 239 Å². The molecule has 5 aromatic rings. The number of nitrogen functional groups attached to an aromatic ring is 1. The molecule has 1 saturated carbocycles. The highest BCUT2D eigenvalue weighted by molar-refractivity contribution is 5.97. The lowest BCUT2D eigenvalue weighted by Gasteiger charge is -2.13. The van der Waals surface area contributed by atoms with Gasteiger partial charge >= 0.3 is 6.18 Å². The number of alkyl halides is 3. The van der Waals surface area contributed by atoms with Crippen LogP contribution in [0.1, 0.15) is 60.9 Å². The molecule has 1 aromatic carbocycles. The van der Waals surface area contributed by atoms with Crippen molar-refractivity contribution in [3.63, 3.8) is 0 Å². The number of halogens is 3. The van der Waals surface area contributed by atoms with Crippen LogP contribution in [0.5, 0.6) is 0 Å². The van der Waals surface area contributed by atoms with E-state index >= 15 is 0 Å². The number of hydrogen-bond acceptors (Lipinski definition) is 7. The lowest BCUT2D eigenvalue weighted by molar-refractivity contribution is -0.143. The molecule has 0 aliphatic heterocycles. The van der Waals surface area contributed by atoms with Crippen LogP contribution in [0.3, 0.4) is 0 Å². The number of fused-ring (bicyclic) bond motifs is 1. The third kappa shape index (κ3) is 4.83. The molecule has 10 nitrogen and oxygen atoms in total. The van der Waals surface area contributed by atoms with Gasteiger partial charge in [-0.25, -0.2) is 15.0 Å². The van der Waals surface area contributed by atoms with Crippen molar-refractivity contribution in [1.82, 2.24) is 34.1 Å². The molecule has 13 heteroatoms. The zero-order valence-corrected chi connectivity index (χ0v) is 23.6. The Bertz CT molecular complexity index is 1840. The first-order valence-corrected chi connectivity index (χ1v) is 13.6. The largest absolute Gasteiger partial charge is 0.433 e. The molecular formula is C29H30F3N9O. The average Bonchev–Trinajstić information content (AvgIpc) is 3.45. The average molecular weight is 578 g/mol. The van der Waals surface area contributed by atoms with Crippen LogP contribution >= 0.6 is 0 Å². The van der Waals surface area contributed by atoms with E-state index < -0.39 is 18.0 Å². The summed E-state index contributed by atoms with van der Waals surface area (Å²) in [5, 5.41) is 20.1. The van der Waals surface area contributed by atoms with E-state index in [1.165, 1.54) is 13.3 Å². The molecule has 218 valence electrons. The van der Waals surface area contributed by atoms with Gasteiger partial charge in [-0.05, 0) is 31.4 Å². The summed E-state index contributed by atoms with van der Waals surface area (Å²) in [7, 11) is 4.99. The highest BCUT2D eigenvalue weighted by Gasteiger charge is 2.35. The summed E-state index contributed by atoms with van der Waals surface area (Å²) >= 11 is 0. The van der Waals surface area contributed by atoms with E-state index in [2.05, 4.69) is 15.2 Å². The lowest BCUT2D eigenvalue weighted by Crippen LogP contribution is -2.11. The number of aliphatic imine (C=N–C) groups is 1. The van der Waals surface area contributed by atoms with Crippen LogP contribution in [-0.4, -0.2) is 45.4 Å². The van der Waals surface area contributed by atoms with Crippen LogP contribution in [0.2, 0.25) is 0 Å². The Morgan fingerprint density at radius 2 is 1.88 bits per heavy atom. The molecule has 1 aliphatic rings. The number of aliphatic hydroxyl groups is 1. The van der Waals surface area contributed by atoms with Crippen LogP contribution in [0.15, 0.2) is 41.5 Å². The van der Waals surface area contributed by atoms with Gasteiger partial charge in [0.25, 0.3) is 0 Å². The Kier molecular flexibility index (Phi) is 6.64. The normalized spacial score (nSPS) is 14.9. The smallest absolute Gasteiger partial charge is 0.398 e. The molecule has 0 radical (unpaired) electrons. The fourth-order valence-corrected chi connectivity index (χ4v) is 5.33. The minimum absolute atomic E-state index is 0.0859. The number of nitrogens with two attached hydrogens (primary N) is 1. The van der Waals surface area contributed by atoms with Crippen LogP contribution < -0.4 is 5.73 Å². The van der Waals surface area contributed by atoms with Crippen molar-refractivity contribution in [2.45, 2.75) is 44.4 Å². The second-order valence-electron chi connectivity index (χ2n) is 10.6. The van der Waals surface area contributed by atoms with E-state index in [-0.39, 0.29) is 11.7 Å². The van der Waals surface area contributed by atoms with Gasteiger partial charge in [-0.3, -0.25) is 9.36 Å². The maximum Gasteiger partial charge on any atom is 0.433 e. The van der Waals surface area contributed by atoms with Crippen LogP contribution in [0, 0.1) is 0 Å². The van der Waals surface area contributed by atoms with Crippen molar-refractivity contribution in [2.75, 3.05) is 5.73 Å². The Morgan fingerprint density at radius 1 is 1.12 bits per heavy atom. The number of nitrogens with zero attached hydrogens (tertiary/aromatic N) is 8. The quantitative estimate of drug-likeness (QED) is 0.196. The van der Waals surface area contributed by atoms with Gasteiger partial charge in [-0.1, -0.05) is 19.1 Å². The zero-order chi connectivity index (χ0) is 29.9.